The Bertz CT molecular complexity index is 738. The van der Waals surface area contributed by atoms with Gasteiger partial charge in [-0.15, -0.1) is 0 Å². The second kappa shape index (κ2) is 5.00. The SMILES string of the molecule is NCc1cc(-c2ccc3ncccc3c2)ccc1Cl. The van der Waals surface area contributed by atoms with Crippen LogP contribution in [0.5, 0.6) is 0 Å². The van der Waals surface area contributed by atoms with E-state index in [-0.39, 0.29) is 0 Å². The molecule has 0 saturated heterocycles. The number of pyridine rings is 1. The Morgan fingerprint density at radius 2 is 1.79 bits per heavy atom. The lowest BCUT2D eigenvalue weighted by Crippen LogP contribution is -1.97. The second-order valence-electron chi connectivity index (χ2n) is 4.42. The molecule has 1 aromatic heterocycles. The zero-order valence-electron chi connectivity index (χ0n) is 10.3. The molecule has 0 atom stereocenters. The zero-order valence-corrected chi connectivity index (χ0v) is 11.1. The molecule has 1 heterocycles. The van der Waals surface area contributed by atoms with Crippen LogP contribution >= 0.6 is 11.6 Å². The molecular weight excluding hydrogens is 256 g/mol. The molecule has 0 saturated carbocycles. The summed E-state index contributed by atoms with van der Waals surface area (Å²) in [7, 11) is 0. The van der Waals surface area contributed by atoms with Gasteiger partial charge in [-0.25, -0.2) is 0 Å². The highest BCUT2D eigenvalue weighted by atomic mass is 35.5. The van der Waals surface area contributed by atoms with Crippen LogP contribution in [0.15, 0.2) is 54.7 Å². The van der Waals surface area contributed by atoms with Crippen molar-refractivity contribution in [1.29, 1.82) is 0 Å². The molecular formula is C16H13ClN2. The lowest BCUT2D eigenvalue weighted by Gasteiger charge is -2.07. The first kappa shape index (κ1) is 12.2. The van der Waals surface area contributed by atoms with Crippen LogP contribution in [0.25, 0.3) is 22.0 Å². The minimum absolute atomic E-state index is 0.446. The molecule has 2 aromatic carbocycles. The molecule has 0 aliphatic rings. The molecule has 0 amide bonds. The fourth-order valence-corrected chi connectivity index (χ4v) is 2.36. The molecule has 3 aromatic rings. The normalized spacial score (nSPS) is 10.8. The lowest BCUT2D eigenvalue weighted by atomic mass is 10.0. The highest BCUT2D eigenvalue weighted by Crippen LogP contribution is 2.27. The fourth-order valence-electron chi connectivity index (χ4n) is 2.17. The first-order valence-corrected chi connectivity index (χ1v) is 6.49. The van der Waals surface area contributed by atoms with Gasteiger partial charge in [-0.2, -0.15) is 0 Å². The van der Waals surface area contributed by atoms with Crippen molar-refractivity contribution in [3.8, 4) is 11.1 Å². The van der Waals surface area contributed by atoms with Gasteiger partial charge in [0, 0.05) is 23.2 Å². The van der Waals surface area contributed by atoms with Gasteiger partial charge in [0.15, 0.2) is 0 Å². The number of nitrogens with two attached hydrogens (primary N) is 1. The van der Waals surface area contributed by atoms with Crippen LogP contribution in [0.2, 0.25) is 5.02 Å². The van der Waals surface area contributed by atoms with Crippen LogP contribution in [0, 0.1) is 0 Å². The molecule has 2 N–H and O–H groups in total. The number of hydrogen-bond acceptors (Lipinski definition) is 2. The predicted octanol–water partition coefficient (Wildman–Crippen LogP) is 4.01. The molecule has 94 valence electrons. The van der Waals surface area contributed by atoms with Crippen molar-refractivity contribution in [2.45, 2.75) is 6.54 Å². The molecule has 0 radical (unpaired) electrons. The van der Waals surface area contributed by atoms with E-state index in [0.29, 0.717) is 11.6 Å². The van der Waals surface area contributed by atoms with Crippen LogP contribution in [-0.4, -0.2) is 4.98 Å². The van der Waals surface area contributed by atoms with E-state index < -0.39 is 0 Å². The second-order valence-corrected chi connectivity index (χ2v) is 4.83. The molecule has 3 heteroatoms. The van der Waals surface area contributed by atoms with Crippen molar-refractivity contribution in [2.75, 3.05) is 0 Å². The third-order valence-electron chi connectivity index (χ3n) is 3.20. The predicted molar refractivity (Wildman–Crippen MR) is 80.1 cm³/mol. The van der Waals surface area contributed by atoms with E-state index in [2.05, 4.69) is 23.2 Å². The Hall–Kier alpha value is -1.90. The van der Waals surface area contributed by atoms with Crippen molar-refractivity contribution in [2.24, 2.45) is 5.73 Å². The topological polar surface area (TPSA) is 38.9 Å². The summed E-state index contributed by atoms with van der Waals surface area (Å²) in [5.74, 6) is 0. The molecule has 0 bridgehead atoms. The first-order chi connectivity index (χ1) is 9.28. The van der Waals surface area contributed by atoms with E-state index in [0.717, 1.165) is 27.6 Å². The van der Waals surface area contributed by atoms with Gasteiger partial charge in [0.25, 0.3) is 0 Å². The summed E-state index contributed by atoms with van der Waals surface area (Å²) in [4.78, 5) is 4.32. The van der Waals surface area contributed by atoms with Gasteiger partial charge in [0.2, 0.25) is 0 Å². The highest BCUT2D eigenvalue weighted by Gasteiger charge is 2.04. The Kier molecular flexibility index (Phi) is 3.20. The molecule has 0 unspecified atom stereocenters. The number of rotatable bonds is 2. The Balaban J connectivity index is 2.13. The van der Waals surface area contributed by atoms with Crippen molar-refractivity contribution < 1.29 is 0 Å². The van der Waals surface area contributed by atoms with E-state index in [9.17, 15) is 0 Å². The maximum Gasteiger partial charge on any atom is 0.0702 e. The summed E-state index contributed by atoms with van der Waals surface area (Å²) in [5, 5.41) is 1.85. The summed E-state index contributed by atoms with van der Waals surface area (Å²) in [6.45, 7) is 0.446. The number of benzene rings is 2. The van der Waals surface area contributed by atoms with Crippen LogP contribution in [-0.2, 0) is 6.54 Å². The van der Waals surface area contributed by atoms with Crippen molar-refractivity contribution in [1.82, 2.24) is 4.98 Å². The monoisotopic (exact) mass is 268 g/mol. The van der Waals surface area contributed by atoms with Crippen LogP contribution in [0.3, 0.4) is 0 Å². The summed E-state index contributed by atoms with van der Waals surface area (Å²) < 4.78 is 0. The summed E-state index contributed by atoms with van der Waals surface area (Å²) in [6, 6.07) is 16.2. The number of nitrogens with zero attached hydrogens (tertiary/aromatic N) is 1. The maximum atomic E-state index is 6.09. The standard InChI is InChI=1S/C16H13ClN2/c17-15-5-3-11(9-14(15)10-18)12-4-6-16-13(8-12)2-1-7-19-16/h1-9H,10,18H2. The van der Waals surface area contributed by atoms with Gasteiger partial charge < -0.3 is 5.73 Å². The Morgan fingerprint density at radius 3 is 2.63 bits per heavy atom. The number of aromatic nitrogens is 1. The van der Waals surface area contributed by atoms with Gasteiger partial charge in [-0.1, -0.05) is 29.8 Å². The van der Waals surface area contributed by atoms with Crippen LogP contribution in [0.1, 0.15) is 5.56 Å². The highest BCUT2D eigenvalue weighted by molar-refractivity contribution is 6.31. The Labute approximate surface area is 116 Å². The maximum absolute atomic E-state index is 6.09. The molecule has 2 nitrogen and oxygen atoms in total. The molecule has 3 rings (SSSR count). The van der Waals surface area contributed by atoms with E-state index in [4.69, 9.17) is 17.3 Å². The zero-order chi connectivity index (χ0) is 13.2. The van der Waals surface area contributed by atoms with E-state index in [1.807, 2.05) is 30.3 Å². The van der Waals surface area contributed by atoms with E-state index in [1.165, 1.54) is 0 Å². The van der Waals surface area contributed by atoms with Gasteiger partial charge in [-0.3, -0.25) is 4.98 Å². The number of fused-ring (bicyclic) bond motifs is 1. The van der Waals surface area contributed by atoms with Gasteiger partial charge in [0.1, 0.15) is 0 Å². The van der Waals surface area contributed by atoms with Crippen molar-refractivity contribution >= 4 is 22.5 Å². The largest absolute Gasteiger partial charge is 0.326 e. The fraction of sp³-hybridized carbons (Fsp3) is 0.0625. The van der Waals surface area contributed by atoms with E-state index >= 15 is 0 Å². The third-order valence-corrected chi connectivity index (χ3v) is 3.57. The smallest absolute Gasteiger partial charge is 0.0702 e. The van der Waals surface area contributed by atoms with Crippen LogP contribution < -0.4 is 5.73 Å². The molecule has 19 heavy (non-hydrogen) atoms. The van der Waals surface area contributed by atoms with Gasteiger partial charge >= 0.3 is 0 Å². The van der Waals surface area contributed by atoms with Crippen molar-refractivity contribution in [3.05, 3.63) is 65.3 Å². The molecule has 0 fully saturated rings. The van der Waals surface area contributed by atoms with Gasteiger partial charge in [-0.05, 0) is 47.0 Å². The van der Waals surface area contributed by atoms with Crippen molar-refractivity contribution in [3.63, 3.8) is 0 Å². The number of halogens is 1. The number of hydrogen-bond donors (Lipinski definition) is 1. The average molecular weight is 269 g/mol. The van der Waals surface area contributed by atoms with Crippen LogP contribution in [0.4, 0.5) is 0 Å². The summed E-state index contributed by atoms with van der Waals surface area (Å²) in [6.07, 6.45) is 1.80. The molecule has 0 spiro atoms. The third kappa shape index (κ3) is 2.33. The first-order valence-electron chi connectivity index (χ1n) is 6.11. The summed E-state index contributed by atoms with van der Waals surface area (Å²) >= 11 is 6.09. The molecule has 0 aliphatic carbocycles. The minimum atomic E-state index is 0.446. The Morgan fingerprint density at radius 1 is 1.00 bits per heavy atom. The molecule has 0 aliphatic heterocycles. The quantitative estimate of drug-likeness (QED) is 0.763. The van der Waals surface area contributed by atoms with Gasteiger partial charge in [0.05, 0.1) is 5.52 Å². The average Bonchev–Trinajstić information content (AvgIpc) is 2.47. The summed E-state index contributed by atoms with van der Waals surface area (Å²) in [5.41, 5.74) is 9.92. The van der Waals surface area contributed by atoms with E-state index in [1.54, 1.807) is 6.20 Å². The lowest BCUT2D eigenvalue weighted by molar-refractivity contribution is 1.07. The minimum Gasteiger partial charge on any atom is -0.326 e.